The molecule has 6 heteroatoms. The third-order valence-corrected chi connectivity index (χ3v) is 2.76. The lowest BCUT2D eigenvalue weighted by molar-refractivity contribution is -0.138. The van der Waals surface area contributed by atoms with Crippen LogP contribution in [-0.4, -0.2) is 40.9 Å². The molecule has 1 atom stereocenters. The summed E-state index contributed by atoms with van der Waals surface area (Å²) in [6, 6.07) is 6.15. The molecule has 1 aromatic carbocycles. The Morgan fingerprint density at radius 1 is 1.47 bits per heavy atom. The lowest BCUT2D eigenvalue weighted by Crippen LogP contribution is -2.33. The fourth-order valence-electron chi connectivity index (χ4n) is 1.74. The Hall–Kier alpha value is -2.34. The number of carboxylic acid groups (broad SMARTS) is 1. The van der Waals surface area contributed by atoms with Crippen LogP contribution in [0.3, 0.4) is 0 Å². The Bertz CT molecular complexity index is 600. The van der Waals surface area contributed by atoms with Crippen molar-refractivity contribution >= 4 is 22.6 Å². The van der Waals surface area contributed by atoms with E-state index in [0.29, 0.717) is 11.6 Å². The Morgan fingerprint density at radius 2 is 2.26 bits per heavy atom. The second-order valence-corrected chi connectivity index (χ2v) is 3.96. The van der Waals surface area contributed by atoms with Gasteiger partial charge in [-0.05, 0) is 23.6 Å². The lowest BCUT2D eigenvalue weighted by atomic mass is 10.1. The monoisotopic (exact) mass is 262 g/mol. The molecule has 0 fully saturated rings. The van der Waals surface area contributed by atoms with E-state index >= 15 is 0 Å². The van der Waals surface area contributed by atoms with Gasteiger partial charge in [-0.2, -0.15) is 0 Å². The molecule has 100 valence electrons. The van der Waals surface area contributed by atoms with Crippen molar-refractivity contribution in [1.82, 2.24) is 4.98 Å². The van der Waals surface area contributed by atoms with E-state index in [-0.39, 0.29) is 0 Å². The SMILES string of the molecule is COc1ccc2ccnc(NC(CO)C(=O)O)c2c1. The number of hydrogen-bond donors (Lipinski definition) is 3. The van der Waals surface area contributed by atoms with Gasteiger partial charge in [0.05, 0.1) is 13.7 Å². The number of aliphatic carboxylic acids is 1. The molecule has 3 N–H and O–H groups in total. The average Bonchev–Trinajstić information content (AvgIpc) is 2.43. The van der Waals surface area contributed by atoms with Gasteiger partial charge < -0.3 is 20.3 Å². The first-order valence-corrected chi connectivity index (χ1v) is 5.68. The normalized spacial score (nSPS) is 12.1. The summed E-state index contributed by atoms with van der Waals surface area (Å²) in [7, 11) is 1.55. The van der Waals surface area contributed by atoms with Gasteiger partial charge in [-0.15, -0.1) is 0 Å². The van der Waals surface area contributed by atoms with Gasteiger partial charge >= 0.3 is 5.97 Å². The largest absolute Gasteiger partial charge is 0.497 e. The number of nitrogens with zero attached hydrogens (tertiary/aromatic N) is 1. The van der Waals surface area contributed by atoms with Crippen molar-refractivity contribution in [3.8, 4) is 5.75 Å². The van der Waals surface area contributed by atoms with Gasteiger partial charge in [-0.1, -0.05) is 6.07 Å². The molecule has 1 unspecified atom stereocenters. The van der Waals surface area contributed by atoms with Crippen LogP contribution in [0.2, 0.25) is 0 Å². The molecule has 0 aliphatic carbocycles. The maximum absolute atomic E-state index is 10.9. The zero-order valence-corrected chi connectivity index (χ0v) is 10.3. The molecule has 2 rings (SSSR count). The van der Waals surface area contributed by atoms with Crippen molar-refractivity contribution in [1.29, 1.82) is 0 Å². The van der Waals surface area contributed by atoms with Crippen LogP contribution in [0.4, 0.5) is 5.82 Å². The number of aliphatic hydroxyl groups is 1. The van der Waals surface area contributed by atoms with Crippen molar-refractivity contribution < 1.29 is 19.7 Å². The van der Waals surface area contributed by atoms with Crippen molar-refractivity contribution in [3.05, 3.63) is 30.5 Å². The molecule has 0 bridgehead atoms. The van der Waals surface area contributed by atoms with Gasteiger partial charge in [0.15, 0.2) is 0 Å². The smallest absolute Gasteiger partial charge is 0.328 e. The van der Waals surface area contributed by atoms with E-state index in [0.717, 1.165) is 10.8 Å². The van der Waals surface area contributed by atoms with Gasteiger partial charge in [0, 0.05) is 11.6 Å². The molecule has 0 aliphatic heterocycles. The van der Waals surface area contributed by atoms with Crippen molar-refractivity contribution in [2.45, 2.75) is 6.04 Å². The molecule has 2 aromatic rings. The van der Waals surface area contributed by atoms with Crippen LogP contribution in [0, 0.1) is 0 Å². The molecular weight excluding hydrogens is 248 g/mol. The fraction of sp³-hybridized carbons (Fsp3) is 0.231. The molecule has 1 heterocycles. The van der Waals surface area contributed by atoms with Gasteiger partial charge in [-0.3, -0.25) is 0 Å². The average molecular weight is 262 g/mol. The summed E-state index contributed by atoms with van der Waals surface area (Å²) in [5.74, 6) is -0.0820. The van der Waals surface area contributed by atoms with E-state index in [1.54, 1.807) is 19.4 Å². The highest BCUT2D eigenvalue weighted by Crippen LogP contribution is 2.26. The topological polar surface area (TPSA) is 91.7 Å². The quantitative estimate of drug-likeness (QED) is 0.747. The molecule has 0 aliphatic rings. The van der Waals surface area contributed by atoms with Crippen LogP contribution in [0.15, 0.2) is 30.5 Å². The molecule has 0 radical (unpaired) electrons. The van der Waals surface area contributed by atoms with E-state index in [1.807, 2.05) is 18.2 Å². The number of carboxylic acids is 1. The third kappa shape index (κ3) is 2.74. The summed E-state index contributed by atoms with van der Waals surface area (Å²) in [5.41, 5.74) is 0. The zero-order valence-electron chi connectivity index (χ0n) is 10.3. The summed E-state index contributed by atoms with van der Waals surface area (Å²) >= 11 is 0. The van der Waals surface area contributed by atoms with E-state index in [9.17, 15) is 4.79 Å². The Morgan fingerprint density at radius 3 is 2.89 bits per heavy atom. The minimum atomic E-state index is -1.14. The van der Waals surface area contributed by atoms with Gasteiger partial charge in [-0.25, -0.2) is 9.78 Å². The van der Waals surface area contributed by atoms with Crippen molar-refractivity contribution in [2.75, 3.05) is 19.0 Å². The summed E-state index contributed by atoms with van der Waals surface area (Å²) < 4.78 is 5.13. The standard InChI is InChI=1S/C13H14N2O4/c1-19-9-3-2-8-4-5-14-12(10(8)6-9)15-11(7-16)13(17)18/h2-6,11,16H,7H2,1H3,(H,14,15)(H,17,18). The van der Waals surface area contributed by atoms with Crippen molar-refractivity contribution in [3.63, 3.8) is 0 Å². The number of rotatable bonds is 5. The number of nitrogens with one attached hydrogen (secondary N) is 1. The lowest BCUT2D eigenvalue weighted by Gasteiger charge is -2.14. The summed E-state index contributed by atoms with van der Waals surface area (Å²) in [6.07, 6.45) is 1.58. The number of pyridine rings is 1. The van der Waals surface area contributed by atoms with E-state index in [4.69, 9.17) is 14.9 Å². The summed E-state index contributed by atoms with van der Waals surface area (Å²) in [6.45, 7) is -0.516. The van der Waals surface area contributed by atoms with Crippen LogP contribution in [-0.2, 0) is 4.79 Å². The number of aromatic nitrogens is 1. The van der Waals surface area contributed by atoms with Gasteiger partial charge in [0.25, 0.3) is 0 Å². The number of methoxy groups -OCH3 is 1. The molecule has 6 nitrogen and oxygen atoms in total. The predicted molar refractivity (Wildman–Crippen MR) is 70.4 cm³/mol. The second-order valence-electron chi connectivity index (χ2n) is 3.96. The highest BCUT2D eigenvalue weighted by molar-refractivity contribution is 5.94. The highest BCUT2D eigenvalue weighted by atomic mass is 16.5. The molecular formula is C13H14N2O4. The Balaban J connectivity index is 2.44. The Labute approximate surface area is 109 Å². The first-order chi connectivity index (χ1) is 9.15. The number of fused-ring (bicyclic) bond motifs is 1. The van der Waals surface area contributed by atoms with Crippen LogP contribution < -0.4 is 10.1 Å². The van der Waals surface area contributed by atoms with E-state index < -0.39 is 18.6 Å². The first kappa shape index (κ1) is 13.1. The number of ether oxygens (including phenoxy) is 1. The number of aliphatic hydroxyl groups excluding tert-OH is 1. The number of benzene rings is 1. The summed E-state index contributed by atoms with van der Waals surface area (Å²) in [5, 5.41) is 22.3. The van der Waals surface area contributed by atoms with Gasteiger partial charge in [0.2, 0.25) is 0 Å². The second kappa shape index (κ2) is 5.53. The number of carbonyl (C=O) groups is 1. The Kier molecular flexibility index (Phi) is 3.82. The summed E-state index contributed by atoms with van der Waals surface area (Å²) in [4.78, 5) is 15.0. The van der Waals surface area contributed by atoms with E-state index in [2.05, 4.69) is 10.3 Å². The van der Waals surface area contributed by atoms with Crippen LogP contribution >= 0.6 is 0 Å². The first-order valence-electron chi connectivity index (χ1n) is 5.68. The van der Waals surface area contributed by atoms with Gasteiger partial charge in [0.1, 0.15) is 17.6 Å². The highest BCUT2D eigenvalue weighted by Gasteiger charge is 2.17. The van der Waals surface area contributed by atoms with Crippen LogP contribution in [0.5, 0.6) is 5.75 Å². The molecule has 0 saturated carbocycles. The molecule has 19 heavy (non-hydrogen) atoms. The number of hydrogen-bond acceptors (Lipinski definition) is 5. The number of anilines is 1. The van der Waals surface area contributed by atoms with Crippen molar-refractivity contribution in [2.24, 2.45) is 0 Å². The molecule has 0 amide bonds. The molecule has 0 spiro atoms. The van der Waals surface area contributed by atoms with Crippen LogP contribution in [0.25, 0.3) is 10.8 Å². The maximum Gasteiger partial charge on any atom is 0.328 e. The van der Waals surface area contributed by atoms with Crippen LogP contribution in [0.1, 0.15) is 0 Å². The molecule has 1 aromatic heterocycles. The maximum atomic E-state index is 10.9. The van der Waals surface area contributed by atoms with E-state index in [1.165, 1.54) is 0 Å². The third-order valence-electron chi connectivity index (χ3n) is 2.76. The predicted octanol–water partition coefficient (Wildman–Crippen LogP) is 1.10. The molecule has 0 saturated heterocycles. The minimum absolute atomic E-state index is 0.401. The fourth-order valence-corrected chi connectivity index (χ4v) is 1.74. The minimum Gasteiger partial charge on any atom is -0.497 e. The zero-order chi connectivity index (χ0) is 13.8.